The van der Waals surface area contributed by atoms with Crippen LogP contribution in [0.15, 0.2) is 39.3 Å². The fourth-order valence-electron chi connectivity index (χ4n) is 1.15. The van der Waals surface area contributed by atoms with Crippen molar-refractivity contribution in [1.82, 2.24) is 5.16 Å². The number of benzene rings is 1. The summed E-state index contributed by atoms with van der Waals surface area (Å²) in [6.45, 7) is 1.88. The molecule has 0 aliphatic heterocycles. The van der Waals surface area contributed by atoms with Crippen molar-refractivity contribution in [1.29, 1.82) is 0 Å². The lowest BCUT2D eigenvalue weighted by atomic mass is 10.1. The number of nitrogens with zero attached hydrogens (tertiary/aromatic N) is 1. The zero-order valence-corrected chi connectivity index (χ0v) is 8.71. The molecule has 2 nitrogen and oxygen atoms in total. The second-order valence-electron chi connectivity index (χ2n) is 2.83. The van der Waals surface area contributed by atoms with E-state index in [-0.39, 0.29) is 0 Å². The molecule has 0 saturated carbocycles. The highest BCUT2D eigenvalue weighted by Crippen LogP contribution is 2.22. The summed E-state index contributed by atoms with van der Waals surface area (Å²) < 4.78 is 6.04. The van der Waals surface area contributed by atoms with Gasteiger partial charge >= 0.3 is 0 Å². The molecule has 2 aromatic rings. The molecule has 0 aliphatic carbocycles. The lowest BCUT2D eigenvalue weighted by Gasteiger charge is -1.94. The second-order valence-corrected chi connectivity index (χ2v) is 3.75. The first kappa shape index (κ1) is 8.51. The fourth-order valence-corrected chi connectivity index (χ4v) is 1.55. The van der Waals surface area contributed by atoms with Gasteiger partial charge in [0.15, 0.2) is 0 Å². The highest BCUT2D eigenvalue weighted by molar-refractivity contribution is 9.10. The molecule has 0 amide bonds. The first-order chi connectivity index (χ1) is 6.25. The largest absolute Gasteiger partial charge is 0.361 e. The van der Waals surface area contributed by atoms with E-state index in [1.807, 2.05) is 37.3 Å². The highest BCUT2D eigenvalue weighted by Gasteiger charge is 2.02. The van der Waals surface area contributed by atoms with Gasteiger partial charge in [0.2, 0.25) is 0 Å². The molecule has 13 heavy (non-hydrogen) atoms. The van der Waals surface area contributed by atoms with Gasteiger partial charge in [-0.15, -0.1) is 0 Å². The van der Waals surface area contributed by atoms with E-state index in [1.54, 1.807) is 0 Å². The molecule has 0 bridgehead atoms. The van der Waals surface area contributed by atoms with Crippen LogP contribution in [-0.4, -0.2) is 5.16 Å². The zero-order chi connectivity index (χ0) is 9.26. The number of halogens is 1. The maximum atomic E-state index is 4.99. The Morgan fingerprint density at radius 1 is 1.31 bits per heavy atom. The van der Waals surface area contributed by atoms with Crippen LogP contribution in [0.1, 0.15) is 5.76 Å². The summed E-state index contributed by atoms with van der Waals surface area (Å²) in [7, 11) is 0. The fraction of sp³-hybridized carbons (Fsp3) is 0.100. The van der Waals surface area contributed by atoms with Crippen molar-refractivity contribution in [3.8, 4) is 11.3 Å². The first-order valence-electron chi connectivity index (χ1n) is 3.95. The van der Waals surface area contributed by atoms with Gasteiger partial charge in [-0.1, -0.05) is 33.2 Å². The van der Waals surface area contributed by atoms with E-state index >= 15 is 0 Å². The molecule has 0 fully saturated rings. The molecule has 0 unspecified atom stereocenters. The van der Waals surface area contributed by atoms with Gasteiger partial charge in [0.25, 0.3) is 0 Å². The van der Waals surface area contributed by atoms with Crippen molar-refractivity contribution in [2.75, 3.05) is 0 Å². The van der Waals surface area contributed by atoms with Crippen molar-refractivity contribution in [2.45, 2.75) is 6.92 Å². The average Bonchev–Trinajstić information content (AvgIpc) is 2.52. The minimum absolute atomic E-state index is 0.829. The van der Waals surface area contributed by atoms with Crippen molar-refractivity contribution >= 4 is 15.9 Å². The van der Waals surface area contributed by atoms with Gasteiger partial charge in [-0.25, -0.2) is 0 Å². The summed E-state index contributed by atoms with van der Waals surface area (Å²) >= 11 is 3.41. The predicted molar refractivity (Wildman–Crippen MR) is 54.4 cm³/mol. The summed E-state index contributed by atoms with van der Waals surface area (Å²) in [6.07, 6.45) is 0. The third kappa shape index (κ3) is 1.80. The van der Waals surface area contributed by atoms with Crippen molar-refractivity contribution < 1.29 is 4.52 Å². The Morgan fingerprint density at radius 2 is 2.15 bits per heavy atom. The van der Waals surface area contributed by atoms with E-state index < -0.39 is 0 Å². The van der Waals surface area contributed by atoms with Gasteiger partial charge in [-0.2, -0.15) is 0 Å². The maximum Gasteiger partial charge on any atom is 0.134 e. The Hall–Kier alpha value is -1.09. The molecule has 0 saturated heterocycles. The summed E-state index contributed by atoms with van der Waals surface area (Å²) in [5, 5.41) is 3.93. The Kier molecular flexibility index (Phi) is 2.19. The molecule has 0 atom stereocenters. The van der Waals surface area contributed by atoms with Crippen LogP contribution < -0.4 is 0 Å². The first-order valence-corrected chi connectivity index (χ1v) is 4.74. The van der Waals surface area contributed by atoms with Gasteiger partial charge < -0.3 is 4.52 Å². The molecule has 0 spiro atoms. The smallest absolute Gasteiger partial charge is 0.134 e. The zero-order valence-electron chi connectivity index (χ0n) is 7.12. The van der Waals surface area contributed by atoms with Crippen molar-refractivity contribution in [2.24, 2.45) is 0 Å². The number of hydrogen-bond donors (Lipinski definition) is 0. The van der Waals surface area contributed by atoms with Crippen molar-refractivity contribution in [3.63, 3.8) is 0 Å². The summed E-state index contributed by atoms with van der Waals surface area (Å²) in [5.41, 5.74) is 1.94. The Bertz CT molecular complexity index is 422. The molecule has 2 rings (SSSR count). The lowest BCUT2D eigenvalue weighted by molar-refractivity contribution is 0.399. The molecule has 66 valence electrons. The molecular weight excluding hydrogens is 230 g/mol. The molecular formula is C10H8BrNO. The molecule has 0 radical (unpaired) electrons. The molecule has 0 N–H and O–H groups in total. The second kappa shape index (κ2) is 3.34. The third-order valence-electron chi connectivity index (χ3n) is 1.75. The van der Waals surface area contributed by atoms with E-state index in [0.29, 0.717) is 0 Å². The van der Waals surface area contributed by atoms with Gasteiger partial charge in [0.1, 0.15) is 11.5 Å². The van der Waals surface area contributed by atoms with E-state index in [9.17, 15) is 0 Å². The van der Waals surface area contributed by atoms with Gasteiger partial charge in [0.05, 0.1) is 0 Å². The molecule has 1 heterocycles. The van der Waals surface area contributed by atoms with Crippen LogP contribution >= 0.6 is 15.9 Å². The highest BCUT2D eigenvalue weighted by atomic mass is 79.9. The van der Waals surface area contributed by atoms with Gasteiger partial charge in [0, 0.05) is 16.1 Å². The number of aromatic nitrogens is 1. The monoisotopic (exact) mass is 237 g/mol. The summed E-state index contributed by atoms with van der Waals surface area (Å²) in [5.74, 6) is 0.829. The summed E-state index contributed by atoms with van der Waals surface area (Å²) in [4.78, 5) is 0. The number of aryl methyl sites for hydroxylation is 1. The van der Waals surface area contributed by atoms with Crippen LogP contribution in [0.4, 0.5) is 0 Å². The number of hydrogen-bond acceptors (Lipinski definition) is 2. The molecule has 1 aromatic heterocycles. The average molecular weight is 238 g/mol. The van der Waals surface area contributed by atoms with Crippen LogP contribution in [0.2, 0.25) is 0 Å². The van der Waals surface area contributed by atoms with Crippen LogP contribution in [0.3, 0.4) is 0 Å². The summed E-state index contributed by atoms with van der Waals surface area (Å²) in [6, 6.07) is 9.89. The van der Waals surface area contributed by atoms with Crippen LogP contribution in [0, 0.1) is 6.92 Å². The van der Waals surface area contributed by atoms with E-state index in [1.165, 1.54) is 0 Å². The SMILES string of the molecule is Cc1cc(-c2cccc(Br)c2)no1. The molecule has 1 aromatic carbocycles. The van der Waals surface area contributed by atoms with Gasteiger partial charge in [-0.05, 0) is 19.1 Å². The lowest BCUT2D eigenvalue weighted by Crippen LogP contribution is -1.75. The van der Waals surface area contributed by atoms with Crippen LogP contribution in [0.25, 0.3) is 11.3 Å². The molecule has 0 aliphatic rings. The topological polar surface area (TPSA) is 26.0 Å². The predicted octanol–water partition coefficient (Wildman–Crippen LogP) is 3.41. The van der Waals surface area contributed by atoms with Crippen molar-refractivity contribution in [3.05, 3.63) is 40.6 Å². The number of rotatable bonds is 1. The van der Waals surface area contributed by atoms with Gasteiger partial charge in [-0.3, -0.25) is 0 Å². The van der Waals surface area contributed by atoms with Crippen LogP contribution in [-0.2, 0) is 0 Å². The van der Waals surface area contributed by atoms with E-state index in [4.69, 9.17) is 4.52 Å². The van der Waals surface area contributed by atoms with Crippen LogP contribution in [0.5, 0.6) is 0 Å². The van der Waals surface area contributed by atoms with E-state index in [0.717, 1.165) is 21.5 Å². The quantitative estimate of drug-likeness (QED) is 0.760. The molecule has 3 heteroatoms. The van der Waals surface area contributed by atoms with E-state index in [2.05, 4.69) is 21.1 Å². The normalized spacial score (nSPS) is 10.3. The minimum Gasteiger partial charge on any atom is -0.361 e. The Labute approximate surface area is 84.7 Å². The third-order valence-corrected chi connectivity index (χ3v) is 2.24. The Balaban J connectivity index is 2.46. The maximum absolute atomic E-state index is 4.99. The minimum atomic E-state index is 0.829. The Morgan fingerprint density at radius 3 is 2.77 bits per heavy atom. The standard InChI is InChI=1S/C10H8BrNO/c1-7-5-10(12-13-7)8-3-2-4-9(11)6-8/h2-6H,1H3.